The van der Waals surface area contributed by atoms with Gasteiger partial charge in [-0.15, -0.1) is 0 Å². The van der Waals surface area contributed by atoms with Gasteiger partial charge in [0.05, 0.1) is 0 Å². The minimum Gasteiger partial charge on any atom is -0.311 e. The molecule has 4 N–H and O–H groups in total. The Hall–Kier alpha value is -0.160. The molecule has 2 saturated carbocycles. The van der Waals surface area contributed by atoms with Crippen LogP contribution in [0.25, 0.3) is 0 Å². The van der Waals surface area contributed by atoms with Gasteiger partial charge in [-0.2, -0.15) is 0 Å². The van der Waals surface area contributed by atoms with Gasteiger partial charge in [-0.3, -0.25) is 0 Å². The monoisotopic (exact) mass is 496 g/mol. The average Bonchev–Trinajstić information content (AvgIpc) is 3.72. The van der Waals surface area contributed by atoms with Crippen molar-refractivity contribution in [1.29, 1.82) is 0 Å². The minimum absolute atomic E-state index is 0.756. The van der Waals surface area contributed by atoms with Crippen LogP contribution in [0.1, 0.15) is 128 Å². The van der Waals surface area contributed by atoms with E-state index < -0.39 is 0 Å². The minimum atomic E-state index is 0.756. The zero-order chi connectivity index (χ0) is 23.9. The first-order valence-electron chi connectivity index (χ1n) is 16.8. The van der Waals surface area contributed by atoms with Gasteiger partial charge in [-0.05, 0) is 87.9 Å². The molecule has 0 amide bonds. The molecule has 7 fully saturated rings. The lowest BCUT2D eigenvalue weighted by Crippen LogP contribution is -2.53. The smallest absolute Gasteiger partial charge is 0.0116 e. The molecule has 0 spiro atoms. The van der Waals surface area contributed by atoms with Crippen LogP contribution in [0.4, 0.5) is 0 Å². The Morgan fingerprint density at radius 2 is 0.667 bits per heavy atom. The van der Waals surface area contributed by atoms with Crippen LogP contribution < -0.4 is 21.3 Å². The standard InChI is InChI=1S/C32H56N4/c1-3-7-21(8-4-1)31-27-15-13-25(34-27)19-23-11-12-24(33-23)20-26-14-16-28(35-26)32(22-9-5-2-6-10-22)30-18-17-29(31)36-30/h21-36H,1-20H2. The highest BCUT2D eigenvalue weighted by Crippen LogP contribution is 2.44. The van der Waals surface area contributed by atoms with Gasteiger partial charge in [0.15, 0.2) is 0 Å². The largest absolute Gasteiger partial charge is 0.311 e. The first kappa shape index (κ1) is 24.9. The van der Waals surface area contributed by atoms with Gasteiger partial charge in [0.1, 0.15) is 0 Å². The summed E-state index contributed by atoms with van der Waals surface area (Å²) in [5.41, 5.74) is 0. The maximum atomic E-state index is 4.47. The van der Waals surface area contributed by atoms with E-state index in [1.807, 2.05) is 0 Å². The van der Waals surface area contributed by atoms with E-state index in [2.05, 4.69) is 21.3 Å². The Kier molecular flexibility index (Phi) is 7.69. The van der Waals surface area contributed by atoms with E-state index in [1.54, 1.807) is 0 Å². The van der Waals surface area contributed by atoms with Crippen molar-refractivity contribution < 1.29 is 0 Å². The van der Waals surface area contributed by atoms with E-state index in [9.17, 15) is 0 Å². The van der Waals surface area contributed by atoms with Crippen molar-refractivity contribution in [3.63, 3.8) is 0 Å². The molecular formula is C32H56N4. The fourth-order valence-corrected chi connectivity index (χ4v) is 11.0. The molecule has 5 saturated heterocycles. The van der Waals surface area contributed by atoms with Gasteiger partial charge >= 0.3 is 0 Å². The molecule has 0 aromatic rings. The summed E-state index contributed by atoms with van der Waals surface area (Å²) in [6.45, 7) is 0. The third kappa shape index (κ3) is 5.19. The average molecular weight is 497 g/mol. The highest BCUT2D eigenvalue weighted by Gasteiger charge is 2.47. The Balaban J connectivity index is 1.16. The van der Waals surface area contributed by atoms with E-state index >= 15 is 0 Å². The van der Waals surface area contributed by atoms with E-state index in [-0.39, 0.29) is 0 Å². The van der Waals surface area contributed by atoms with Gasteiger partial charge < -0.3 is 21.3 Å². The van der Waals surface area contributed by atoms with Gasteiger partial charge in [-0.1, -0.05) is 64.2 Å². The van der Waals surface area contributed by atoms with Crippen LogP contribution in [0.15, 0.2) is 0 Å². The zero-order valence-corrected chi connectivity index (χ0v) is 23.1. The number of hydrogen-bond acceptors (Lipinski definition) is 4. The lowest BCUT2D eigenvalue weighted by Gasteiger charge is -2.42. The normalized spacial score (nSPS) is 49.0. The Labute approximate surface area is 221 Å². The third-order valence-electron chi connectivity index (χ3n) is 12.5. The van der Waals surface area contributed by atoms with Crippen molar-refractivity contribution in [1.82, 2.24) is 21.3 Å². The molecule has 7 aliphatic rings. The first-order valence-corrected chi connectivity index (χ1v) is 16.8. The Morgan fingerprint density at radius 1 is 0.306 bits per heavy atom. The van der Waals surface area contributed by atoms with E-state index in [0.29, 0.717) is 0 Å². The van der Waals surface area contributed by atoms with Crippen molar-refractivity contribution in [2.24, 2.45) is 23.7 Å². The molecule has 10 unspecified atom stereocenters. The predicted octanol–water partition coefficient (Wildman–Crippen LogP) is 5.66. The molecule has 0 aromatic heterocycles. The van der Waals surface area contributed by atoms with Crippen LogP contribution in [-0.4, -0.2) is 48.3 Å². The molecule has 0 aromatic carbocycles. The van der Waals surface area contributed by atoms with Crippen molar-refractivity contribution in [3.05, 3.63) is 0 Å². The summed E-state index contributed by atoms with van der Waals surface area (Å²) in [6, 6.07) is 6.09. The SMILES string of the molecule is C1CCC(C2C3CCC(CC4CCC(CC5CCC(N5)C(C5CCCCC5)C5CCC2N5)N4)N3)CC1. The van der Waals surface area contributed by atoms with Crippen LogP contribution in [0.2, 0.25) is 0 Å². The summed E-state index contributed by atoms with van der Waals surface area (Å²) >= 11 is 0. The molecule has 2 aliphatic carbocycles. The van der Waals surface area contributed by atoms with Crippen molar-refractivity contribution in [3.8, 4) is 0 Å². The quantitative estimate of drug-likeness (QED) is 0.399. The molecule has 36 heavy (non-hydrogen) atoms. The summed E-state index contributed by atoms with van der Waals surface area (Å²) in [5.74, 6) is 3.66. The number of nitrogens with one attached hydrogen (secondary N) is 4. The fourth-order valence-electron chi connectivity index (χ4n) is 11.0. The zero-order valence-electron chi connectivity index (χ0n) is 23.1. The number of fused-ring (bicyclic) bond motifs is 8. The van der Waals surface area contributed by atoms with Crippen molar-refractivity contribution in [2.75, 3.05) is 0 Å². The summed E-state index contributed by atoms with van der Waals surface area (Å²) in [5, 5.41) is 17.2. The van der Waals surface area contributed by atoms with Crippen LogP contribution in [0, 0.1) is 23.7 Å². The Bertz CT molecular complexity index is 657. The molecule has 0 radical (unpaired) electrons. The fraction of sp³-hybridized carbons (Fsp3) is 1.00. The summed E-state index contributed by atoms with van der Waals surface area (Å²) in [4.78, 5) is 0. The van der Waals surface area contributed by atoms with Crippen LogP contribution in [0.3, 0.4) is 0 Å². The molecule has 10 atom stereocenters. The highest BCUT2D eigenvalue weighted by molar-refractivity contribution is 5.05. The second-order valence-corrected chi connectivity index (χ2v) is 14.6. The van der Waals surface area contributed by atoms with Gasteiger partial charge in [0, 0.05) is 48.3 Å². The molecule has 4 heteroatoms. The number of hydrogen-bond donors (Lipinski definition) is 4. The summed E-state index contributed by atoms with van der Waals surface area (Å²) in [6.07, 6.45) is 29.1. The van der Waals surface area contributed by atoms with E-state index in [1.165, 1.54) is 128 Å². The number of rotatable bonds is 2. The predicted molar refractivity (Wildman–Crippen MR) is 149 cm³/mol. The van der Waals surface area contributed by atoms with Crippen molar-refractivity contribution >= 4 is 0 Å². The maximum Gasteiger partial charge on any atom is 0.0116 e. The third-order valence-corrected chi connectivity index (χ3v) is 12.5. The molecule has 204 valence electrons. The lowest BCUT2D eigenvalue weighted by atomic mass is 9.72. The van der Waals surface area contributed by atoms with Crippen LogP contribution in [0.5, 0.6) is 0 Å². The van der Waals surface area contributed by atoms with Crippen LogP contribution >= 0.6 is 0 Å². The second kappa shape index (κ2) is 11.1. The van der Waals surface area contributed by atoms with Gasteiger partial charge in [0.2, 0.25) is 0 Å². The second-order valence-electron chi connectivity index (χ2n) is 14.6. The summed E-state index contributed by atoms with van der Waals surface area (Å²) < 4.78 is 0. The molecule has 5 heterocycles. The highest BCUT2D eigenvalue weighted by atomic mass is 15.1. The van der Waals surface area contributed by atoms with Crippen molar-refractivity contribution in [2.45, 2.75) is 177 Å². The van der Waals surface area contributed by atoms with E-state index in [4.69, 9.17) is 0 Å². The van der Waals surface area contributed by atoms with Gasteiger partial charge in [0.25, 0.3) is 0 Å². The van der Waals surface area contributed by atoms with Gasteiger partial charge in [-0.25, -0.2) is 0 Å². The van der Waals surface area contributed by atoms with Crippen LogP contribution in [-0.2, 0) is 0 Å². The van der Waals surface area contributed by atoms with E-state index in [0.717, 1.165) is 72.0 Å². The molecular weight excluding hydrogens is 440 g/mol. The molecule has 8 bridgehead atoms. The maximum absolute atomic E-state index is 4.47. The summed E-state index contributed by atoms with van der Waals surface area (Å²) in [7, 11) is 0. The molecule has 5 aliphatic heterocycles. The lowest BCUT2D eigenvalue weighted by molar-refractivity contribution is 0.135. The molecule has 7 rings (SSSR count). The molecule has 4 nitrogen and oxygen atoms in total. The first-order chi connectivity index (χ1) is 17.8. The Morgan fingerprint density at radius 3 is 1.14 bits per heavy atom. The topological polar surface area (TPSA) is 48.1 Å².